The van der Waals surface area contributed by atoms with Crippen molar-refractivity contribution in [2.24, 2.45) is 10.7 Å². The van der Waals surface area contributed by atoms with E-state index >= 15 is 0 Å². The molecule has 1 amide bonds. The summed E-state index contributed by atoms with van der Waals surface area (Å²) < 4.78 is 10.5. The summed E-state index contributed by atoms with van der Waals surface area (Å²) in [5.74, 6) is -0.573. The number of allylic oxidation sites excluding steroid dienone is 2. The molecule has 11 nitrogen and oxygen atoms in total. The van der Waals surface area contributed by atoms with E-state index in [9.17, 15) is 15.0 Å². The lowest BCUT2D eigenvalue weighted by Gasteiger charge is -2.26. The summed E-state index contributed by atoms with van der Waals surface area (Å²) in [6.45, 7) is 1.75. The lowest BCUT2D eigenvalue weighted by molar-refractivity contribution is -0.124. The molecule has 1 aromatic rings. The summed E-state index contributed by atoms with van der Waals surface area (Å²) in [6.07, 6.45) is 4.62. The molecule has 1 unspecified atom stereocenters. The van der Waals surface area contributed by atoms with E-state index in [2.05, 4.69) is 25.8 Å². The van der Waals surface area contributed by atoms with Gasteiger partial charge < -0.3 is 30.7 Å². The van der Waals surface area contributed by atoms with Crippen molar-refractivity contribution < 1.29 is 24.5 Å². The van der Waals surface area contributed by atoms with Gasteiger partial charge in [-0.1, -0.05) is 11.3 Å². The molecule has 0 radical (unpaired) electrons. The zero-order valence-corrected chi connectivity index (χ0v) is 17.3. The monoisotopic (exact) mass is 436 g/mol. The van der Waals surface area contributed by atoms with Crippen molar-refractivity contribution in [3.63, 3.8) is 0 Å². The molecule has 6 N–H and O–H groups in total. The van der Waals surface area contributed by atoms with Gasteiger partial charge in [0.05, 0.1) is 18.9 Å². The van der Waals surface area contributed by atoms with Gasteiger partial charge in [0.25, 0.3) is 12.2 Å². The highest BCUT2D eigenvalue weighted by atomic mass is 32.1. The summed E-state index contributed by atoms with van der Waals surface area (Å²) in [4.78, 5) is 16.8. The first kappa shape index (κ1) is 21.7. The van der Waals surface area contributed by atoms with Gasteiger partial charge in [-0.25, -0.2) is 4.99 Å². The molecule has 1 aromatic heterocycles. The van der Waals surface area contributed by atoms with Crippen molar-refractivity contribution >= 4 is 33.2 Å². The second-order valence-electron chi connectivity index (χ2n) is 6.73. The number of ether oxygens (including phenoxy) is 2. The highest BCUT2D eigenvalue weighted by Crippen LogP contribution is 2.27. The number of amides is 1. The summed E-state index contributed by atoms with van der Waals surface area (Å²) in [6, 6.07) is 0.000374. The summed E-state index contributed by atoms with van der Waals surface area (Å²) >= 11 is 1.07. The van der Waals surface area contributed by atoms with Gasteiger partial charge in [0, 0.05) is 17.8 Å². The van der Waals surface area contributed by atoms with Gasteiger partial charge in [-0.3, -0.25) is 10.1 Å². The molecule has 1 saturated carbocycles. The predicted octanol–water partition coefficient (Wildman–Crippen LogP) is 0.635. The third-order valence-corrected chi connectivity index (χ3v) is 5.19. The Hall–Kier alpha value is -2.96. The fourth-order valence-electron chi connectivity index (χ4n) is 3.09. The van der Waals surface area contributed by atoms with Crippen molar-refractivity contribution in [2.45, 2.75) is 44.6 Å². The molecule has 12 heteroatoms. The predicted molar refractivity (Wildman–Crippen MR) is 111 cm³/mol. The third-order valence-electron chi connectivity index (χ3n) is 4.46. The van der Waals surface area contributed by atoms with Crippen molar-refractivity contribution in [1.82, 2.24) is 15.5 Å². The first-order chi connectivity index (χ1) is 14.4. The minimum Gasteiger partial charge on any atom is -0.493 e. The molecule has 0 saturated heterocycles. The van der Waals surface area contributed by atoms with Gasteiger partial charge in [-0.05, 0) is 38.5 Å². The number of rotatable bonds is 7. The molecule has 162 valence electrons. The molecular weight excluding hydrogens is 412 g/mol. The molecule has 30 heavy (non-hydrogen) atoms. The van der Waals surface area contributed by atoms with E-state index in [0.29, 0.717) is 29.4 Å². The maximum Gasteiger partial charge on any atom is 0.292 e. The molecule has 2 aliphatic rings. The number of aliphatic hydroxyl groups is 2. The van der Waals surface area contributed by atoms with Crippen LogP contribution in [0.25, 0.3) is 0 Å². The van der Waals surface area contributed by atoms with E-state index in [-0.39, 0.29) is 28.8 Å². The van der Waals surface area contributed by atoms with Crippen LogP contribution in [0.2, 0.25) is 0 Å². The van der Waals surface area contributed by atoms with Gasteiger partial charge in [0.1, 0.15) is 0 Å². The molecule has 3 rings (SSSR count). The van der Waals surface area contributed by atoms with Crippen LogP contribution in [0.15, 0.2) is 40.6 Å². The van der Waals surface area contributed by atoms with Gasteiger partial charge in [-0.15, -0.1) is 10.2 Å². The van der Waals surface area contributed by atoms with Crippen LogP contribution in [-0.2, 0) is 14.3 Å². The van der Waals surface area contributed by atoms with Crippen LogP contribution in [0.3, 0.4) is 0 Å². The number of hydrogen-bond donors (Lipinski definition) is 5. The highest BCUT2D eigenvalue weighted by molar-refractivity contribution is 7.18. The molecule has 2 heterocycles. The molecule has 0 bridgehead atoms. The molecule has 0 spiro atoms. The number of carbonyl (C=O) groups excluding carboxylic acids is 1. The van der Waals surface area contributed by atoms with E-state index in [4.69, 9.17) is 15.2 Å². The fraction of sp³-hybridized carbons (Fsp3) is 0.444. The molecule has 0 aromatic carbocycles. The quantitative estimate of drug-likeness (QED) is 0.386. The first-order valence-electron chi connectivity index (χ1n) is 9.27. The third kappa shape index (κ3) is 5.34. The topological polar surface area (TPSA) is 164 Å². The minimum absolute atomic E-state index is 0.000374. The van der Waals surface area contributed by atoms with E-state index in [0.717, 1.165) is 17.8 Å². The molecule has 1 aliphatic carbocycles. The zero-order chi connectivity index (χ0) is 21.7. The van der Waals surface area contributed by atoms with Crippen molar-refractivity contribution in [2.75, 3.05) is 12.4 Å². The van der Waals surface area contributed by atoms with Crippen molar-refractivity contribution in [3.05, 3.63) is 35.6 Å². The number of aliphatic hydroxyl groups excluding tert-OH is 2. The number of methoxy groups -OCH3 is 1. The maximum absolute atomic E-state index is 12.6. The SMILES string of the molecule is COC1=C(N[C@H]2CC[C@@H](O)C2)C=C(C(=O)Nc2nnc(N=C(C)C=CN)s2)OC1O. The Kier molecular flexibility index (Phi) is 7.03. The number of aromatic nitrogens is 2. The maximum atomic E-state index is 12.6. The lowest BCUT2D eigenvalue weighted by atomic mass is 10.2. The fourth-order valence-corrected chi connectivity index (χ4v) is 3.76. The van der Waals surface area contributed by atoms with E-state index in [1.807, 2.05) is 0 Å². The number of nitrogens with one attached hydrogen (secondary N) is 2. The molecule has 1 aliphatic heterocycles. The Morgan fingerprint density at radius 1 is 1.43 bits per heavy atom. The van der Waals surface area contributed by atoms with Gasteiger partial charge in [0.15, 0.2) is 11.5 Å². The highest BCUT2D eigenvalue weighted by Gasteiger charge is 2.31. The van der Waals surface area contributed by atoms with Gasteiger partial charge in [0.2, 0.25) is 10.3 Å². The normalized spacial score (nSPS) is 24.6. The largest absolute Gasteiger partial charge is 0.493 e. The van der Waals surface area contributed by atoms with E-state index in [1.54, 1.807) is 13.0 Å². The summed E-state index contributed by atoms with van der Waals surface area (Å²) in [5.41, 5.74) is 6.38. The van der Waals surface area contributed by atoms with Crippen LogP contribution >= 0.6 is 11.3 Å². The average Bonchev–Trinajstić information content (AvgIpc) is 3.30. The summed E-state index contributed by atoms with van der Waals surface area (Å²) in [5, 5.41) is 34.1. The standard InChI is InChI=1S/C18H24N6O5S/c1-9(5-6-19)20-17-23-24-18(30-17)22-15(26)13-8-12(14(28-2)16(27)29-13)21-10-3-4-11(25)7-10/h5-6,8,10-11,16,21,25,27H,3-4,7,19H2,1-2H3,(H,22,24,26)/t10-,11+,16?/m0/s1. The molecule has 3 atom stereocenters. The van der Waals surface area contributed by atoms with Crippen LogP contribution in [0.1, 0.15) is 26.2 Å². The summed E-state index contributed by atoms with van der Waals surface area (Å²) in [7, 11) is 1.40. The molecule has 1 fully saturated rings. The Morgan fingerprint density at radius 3 is 2.90 bits per heavy atom. The average molecular weight is 436 g/mol. The second-order valence-corrected chi connectivity index (χ2v) is 7.68. The second kappa shape index (κ2) is 9.69. The van der Waals surface area contributed by atoms with E-state index in [1.165, 1.54) is 19.4 Å². The van der Waals surface area contributed by atoms with Crippen molar-refractivity contribution in [3.8, 4) is 0 Å². The Labute approximate surface area is 177 Å². The van der Waals surface area contributed by atoms with Crippen LogP contribution in [0.5, 0.6) is 0 Å². The number of hydrogen-bond acceptors (Lipinski definition) is 11. The smallest absolute Gasteiger partial charge is 0.292 e. The lowest BCUT2D eigenvalue weighted by Crippen LogP contribution is -2.34. The van der Waals surface area contributed by atoms with Gasteiger partial charge >= 0.3 is 0 Å². The van der Waals surface area contributed by atoms with Crippen LogP contribution in [-0.4, -0.2) is 57.6 Å². The van der Waals surface area contributed by atoms with Gasteiger partial charge in [-0.2, -0.15) is 0 Å². The minimum atomic E-state index is -1.45. The number of aliphatic imine (C=N–C) groups is 1. The van der Waals surface area contributed by atoms with Crippen LogP contribution in [0, 0.1) is 0 Å². The number of carbonyl (C=O) groups is 1. The first-order valence-corrected chi connectivity index (χ1v) is 10.1. The van der Waals surface area contributed by atoms with Crippen molar-refractivity contribution in [1.29, 1.82) is 0 Å². The van der Waals surface area contributed by atoms with E-state index < -0.39 is 12.2 Å². The number of nitrogens with zero attached hydrogens (tertiary/aromatic N) is 3. The zero-order valence-electron chi connectivity index (χ0n) is 16.5. The van der Waals surface area contributed by atoms with Crippen LogP contribution in [0.4, 0.5) is 10.3 Å². The number of nitrogens with two attached hydrogens (primary N) is 1. The Morgan fingerprint density at radius 2 is 2.23 bits per heavy atom. The molecular formula is C18H24N6O5S. The Balaban J connectivity index is 1.72. The number of anilines is 1. The van der Waals surface area contributed by atoms with Crippen LogP contribution < -0.4 is 16.4 Å². The Bertz CT molecular complexity index is 909.